The van der Waals surface area contributed by atoms with Crippen molar-refractivity contribution in [1.29, 1.82) is 0 Å². The highest BCUT2D eigenvalue weighted by Gasteiger charge is 2.05. The van der Waals surface area contributed by atoms with Crippen LogP contribution in [0.3, 0.4) is 0 Å². The van der Waals surface area contributed by atoms with Gasteiger partial charge in [-0.1, -0.05) is 25.5 Å². The summed E-state index contributed by atoms with van der Waals surface area (Å²) in [5.41, 5.74) is 1.88. The highest BCUT2D eigenvalue weighted by atomic mass is 16.2. The molecule has 0 atom stereocenters. The standard InChI is InChI=1S/C19H33N5O/c1-6-8-13-24(5)18(20-7-2)21-14-16-9-11-17(12-10-16)23-19(25)22-15(3)4/h9-12,15H,6-8,13-14H2,1-5H3,(H,20,21)(H2,22,23,25). The van der Waals surface area contributed by atoms with Crippen LogP contribution in [0.4, 0.5) is 10.5 Å². The Kier molecular flexibility index (Phi) is 9.43. The van der Waals surface area contributed by atoms with Gasteiger partial charge in [0.05, 0.1) is 6.54 Å². The summed E-state index contributed by atoms with van der Waals surface area (Å²) in [5, 5.41) is 8.95. The number of rotatable bonds is 8. The summed E-state index contributed by atoms with van der Waals surface area (Å²) in [7, 11) is 2.07. The van der Waals surface area contributed by atoms with Crippen molar-refractivity contribution in [2.45, 2.75) is 53.1 Å². The fourth-order valence-corrected chi connectivity index (χ4v) is 2.26. The van der Waals surface area contributed by atoms with Crippen molar-refractivity contribution in [2.24, 2.45) is 4.99 Å². The minimum Gasteiger partial charge on any atom is -0.357 e. The molecule has 0 fully saturated rings. The van der Waals surface area contributed by atoms with Crippen LogP contribution in [0, 0.1) is 0 Å². The smallest absolute Gasteiger partial charge is 0.319 e. The Bertz CT molecular complexity index is 539. The summed E-state index contributed by atoms with van der Waals surface area (Å²) in [5.74, 6) is 0.925. The number of hydrogen-bond acceptors (Lipinski definition) is 2. The van der Waals surface area contributed by atoms with E-state index in [1.807, 2.05) is 38.1 Å². The van der Waals surface area contributed by atoms with Crippen molar-refractivity contribution in [3.63, 3.8) is 0 Å². The van der Waals surface area contributed by atoms with Gasteiger partial charge in [0.25, 0.3) is 0 Å². The maximum Gasteiger partial charge on any atom is 0.319 e. The fraction of sp³-hybridized carbons (Fsp3) is 0.579. The van der Waals surface area contributed by atoms with E-state index >= 15 is 0 Å². The molecule has 6 heteroatoms. The van der Waals surface area contributed by atoms with Crippen LogP contribution in [0.1, 0.15) is 46.1 Å². The SMILES string of the molecule is CCCCN(C)C(=NCc1ccc(NC(=O)NC(C)C)cc1)NCC. The van der Waals surface area contributed by atoms with Crippen molar-refractivity contribution < 1.29 is 4.79 Å². The molecule has 2 amide bonds. The zero-order valence-electron chi connectivity index (χ0n) is 16.2. The maximum atomic E-state index is 11.7. The zero-order valence-corrected chi connectivity index (χ0v) is 16.2. The minimum atomic E-state index is -0.187. The largest absolute Gasteiger partial charge is 0.357 e. The van der Waals surface area contributed by atoms with Gasteiger partial charge in [-0.25, -0.2) is 9.79 Å². The van der Waals surface area contributed by atoms with Gasteiger partial charge >= 0.3 is 6.03 Å². The van der Waals surface area contributed by atoms with Crippen LogP contribution in [0.25, 0.3) is 0 Å². The number of aliphatic imine (C=N–C) groups is 1. The molecule has 0 unspecified atom stereocenters. The van der Waals surface area contributed by atoms with Crippen LogP contribution in [0.5, 0.6) is 0 Å². The summed E-state index contributed by atoms with van der Waals surface area (Å²) in [4.78, 5) is 18.6. The summed E-state index contributed by atoms with van der Waals surface area (Å²) in [6.07, 6.45) is 2.32. The first kappa shape index (κ1) is 20.8. The Labute approximate surface area is 152 Å². The number of hydrogen-bond donors (Lipinski definition) is 3. The van der Waals surface area contributed by atoms with Gasteiger partial charge in [0.2, 0.25) is 0 Å². The first-order valence-electron chi connectivity index (χ1n) is 9.12. The molecule has 0 bridgehead atoms. The third-order valence-electron chi connectivity index (χ3n) is 3.59. The molecule has 6 nitrogen and oxygen atoms in total. The van der Waals surface area contributed by atoms with E-state index in [2.05, 4.69) is 41.7 Å². The molecule has 0 aromatic heterocycles. The van der Waals surface area contributed by atoms with Crippen molar-refractivity contribution in [1.82, 2.24) is 15.5 Å². The Morgan fingerprint density at radius 3 is 2.44 bits per heavy atom. The van der Waals surface area contributed by atoms with Crippen LogP contribution in [-0.2, 0) is 6.54 Å². The second-order valence-electron chi connectivity index (χ2n) is 6.40. The van der Waals surface area contributed by atoms with Gasteiger partial charge < -0.3 is 20.9 Å². The van der Waals surface area contributed by atoms with Gasteiger partial charge in [0.15, 0.2) is 5.96 Å². The van der Waals surface area contributed by atoms with Crippen molar-refractivity contribution in [2.75, 3.05) is 25.5 Å². The minimum absolute atomic E-state index is 0.114. The Balaban J connectivity index is 2.63. The quantitative estimate of drug-likeness (QED) is 0.498. The lowest BCUT2D eigenvalue weighted by atomic mass is 10.2. The highest BCUT2D eigenvalue weighted by molar-refractivity contribution is 5.89. The van der Waals surface area contributed by atoms with Gasteiger partial charge in [-0.2, -0.15) is 0 Å². The van der Waals surface area contributed by atoms with E-state index in [4.69, 9.17) is 4.99 Å². The van der Waals surface area contributed by atoms with Gasteiger partial charge in [-0.05, 0) is 44.9 Å². The number of carbonyl (C=O) groups is 1. The number of nitrogens with zero attached hydrogens (tertiary/aromatic N) is 2. The Hall–Kier alpha value is -2.24. The van der Waals surface area contributed by atoms with E-state index in [0.717, 1.165) is 36.7 Å². The molecule has 3 N–H and O–H groups in total. The molecular formula is C19H33N5O. The van der Waals surface area contributed by atoms with E-state index in [0.29, 0.717) is 6.54 Å². The van der Waals surface area contributed by atoms with E-state index in [-0.39, 0.29) is 12.1 Å². The molecule has 0 aliphatic heterocycles. The first-order valence-corrected chi connectivity index (χ1v) is 9.12. The summed E-state index contributed by atoms with van der Waals surface area (Å²) < 4.78 is 0. The van der Waals surface area contributed by atoms with Crippen LogP contribution in [-0.4, -0.2) is 43.1 Å². The number of urea groups is 1. The van der Waals surface area contributed by atoms with Crippen LogP contribution >= 0.6 is 0 Å². The lowest BCUT2D eigenvalue weighted by Crippen LogP contribution is -2.39. The molecular weight excluding hydrogens is 314 g/mol. The summed E-state index contributed by atoms with van der Waals surface area (Å²) >= 11 is 0. The lowest BCUT2D eigenvalue weighted by molar-refractivity contribution is 0.250. The van der Waals surface area contributed by atoms with E-state index in [1.54, 1.807) is 0 Å². The molecule has 25 heavy (non-hydrogen) atoms. The molecule has 0 saturated heterocycles. The number of carbonyl (C=O) groups excluding carboxylic acids is 1. The normalized spacial score (nSPS) is 11.4. The Morgan fingerprint density at radius 2 is 1.88 bits per heavy atom. The predicted molar refractivity (Wildman–Crippen MR) is 106 cm³/mol. The van der Waals surface area contributed by atoms with Crippen LogP contribution in [0.2, 0.25) is 0 Å². The van der Waals surface area contributed by atoms with E-state index in [9.17, 15) is 4.79 Å². The van der Waals surface area contributed by atoms with Crippen LogP contribution in [0.15, 0.2) is 29.3 Å². The molecule has 0 saturated carbocycles. The second kappa shape index (κ2) is 11.3. The molecule has 0 aliphatic rings. The molecule has 0 heterocycles. The van der Waals surface area contributed by atoms with Gasteiger partial charge in [-0.3, -0.25) is 0 Å². The topological polar surface area (TPSA) is 68.8 Å². The molecule has 1 aromatic rings. The Morgan fingerprint density at radius 1 is 1.20 bits per heavy atom. The lowest BCUT2D eigenvalue weighted by Gasteiger charge is -2.21. The number of anilines is 1. The van der Waals surface area contributed by atoms with Gasteiger partial charge in [0.1, 0.15) is 0 Å². The molecule has 1 rings (SSSR count). The van der Waals surface area contributed by atoms with E-state index in [1.165, 1.54) is 6.42 Å². The zero-order chi connectivity index (χ0) is 18.7. The monoisotopic (exact) mass is 347 g/mol. The number of amides is 2. The van der Waals surface area contributed by atoms with Crippen molar-refractivity contribution >= 4 is 17.7 Å². The first-order chi connectivity index (χ1) is 12.0. The average molecular weight is 348 g/mol. The van der Waals surface area contributed by atoms with Crippen molar-refractivity contribution in [3.05, 3.63) is 29.8 Å². The molecule has 140 valence electrons. The molecule has 1 aromatic carbocycles. The number of nitrogens with one attached hydrogen (secondary N) is 3. The molecule has 0 radical (unpaired) electrons. The second-order valence-corrected chi connectivity index (χ2v) is 6.40. The molecule has 0 aliphatic carbocycles. The fourth-order valence-electron chi connectivity index (χ4n) is 2.26. The number of unbranched alkanes of at least 4 members (excludes halogenated alkanes) is 1. The van der Waals surface area contributed by atoms with E-state index < -0.39 is 0 Å². The van der Waals surface area contributed by atoms with Crippen LogP contribution < -0.4 is 16.0 Å². The predicted octanol–water partition coefficient (Wildman–Crippen LogP) is 3.41. The maximum absolute atomic E-state index is 11.7. The number of guanidine groups is 1. The number of benzene rings is 1. The highest BCUT2D eigenvalue weighted by Crippen LogP contribution is 2.10. The van der Waals surface area contributed by atoms with Gasteiger partial charge in [0, 0.05) is 31.9 Å². The third-order valence-corrected chi connectivity index (χ3v) is 3.59. The average Bonchev–Trinajstić information content (AvgIpc) is 2.57. The molecule has 0 spiro atoms. The summed E-state index contributed by atoms with van der Waals surface area (Å²) in [6.45, 7) is 10.6. The summed E-state index contributed by atoms with van der Waals surface area (Å²) in [6, 6.07) is 7.71. The third kappa shape index (κ3) is 8.42. The van der Waals surface area contributed by atoms with Gasteiger partial charge in [-0.15, -0.1) is 0 Å². The van der Waals surface area contributed by atoms with Crippen molar-refractivity contribution in [3.8, 4) is 0 Å².